The fourth-order valence-electron chi connectivity index (χ4n) is 1.87. The minimum atomic E-state index is -0.0909. The number of thiol groups is 1. The van der Waals surface area contributed by atoms with E-state index in [9.17, 15) is 0 Å². The minimum Gasteiger partial charge on any atom is -0.168 e. The number of hydrogen-bond acceptors (Lipinski definition) is 2. The molecular weight excluding hydrogens is 280 g/mol. The molecule has 0 bridgehead atoms. The lowest BCUT2D eigenvalue weighted by molar-refractivity contribution is 0.790. The third kappa shape index (κ3) is 3.94. The van der Waals surface area contributed by atoms with Crippen molar-refractivity contribution >= 4 is 30.0 Å². The van der Waals surface area contributed by atoms with Crippen molar-refractivity contribution in [3.8, 4) is 0 Å². The summed E-state index contributed by atoms with van der Waals surface area (Å²) in [7, 11) is 0. The van der Waals surface area contributed by atoms with E-state index in [1.54, 1.807) is 11.8 Å². The van der Waals surface area contributed by atoms with Gasteiger partial charge in [-0.2, -0.15) is 12.6 Å². The van der Waals surface area contributed by atoms with Gasteiger partial charge in [-0.05, 0) is 56.2 Å². The van der Waals surface area contributed by atoms with Crippen molar-refractivity contribution in [3.05, 3.63) is 66.2 Å². The molecule has 20 heavy (non-hydrogen) atoms. The maximum absolute atomic E-state index is 4.59. The van der Waals surface area contributed by atoms with Crippen molar-refractivity contribution in [1.29, 1.82) is 0 Å². The third-order valence-corrected chi connectivity index (χ3v) is 4.42. The Morgan fingerprint density at radius 3 is 1.80 bits per heavy atom. The molecule has 0 amide bonds. The van der Waals surface area contributed by atoms with Gasteiger partial charge in [0.25, 0.3) is 0 Å². The maximum atomic E-state index is 4.59. The van der Waals surface area contributed by atoms with Crippen LogP contribution in [0.2, 0.25) is 0 Å². The molecule has 0 aliphatic rings. The smallest absolute Gasteiger partial charge is 0.0322 e. The number of rotatable bonds is 4. The Bertz CT molecular complexity index is 587. The molecule has 2 heteroatoms. The molecule has 0 unspecified atom stereocenters. The van der Waals surface area contributed by atoms with Crippen molar-refractivity contribution in [2.45, 2.75) is 35.3 Å². The number of benzene rings is 2. The first-order chi connectivity index (χ1) is 9.36. The van der Waals surface area contributed by atoms with Crippen LogP contribution in [0.25, 0.3) is 5.57 Å². The van der Waals surface area contributed by atoms with Crippen LogP contribution >= 0.6 is 24.4 Å². The van der Waals surface area contributed by atoms with Gasteiger partial charge in [-0.25, -0.2) is 0 Å². The summed E-state index contributed by atoms with van der Waals surface area (Å²) < 4.78 is -0.0909. The Kier molecular flexibility index (Phi) is 4.66. The molecule has 2 aromatic carbocycles. The van der Waals surface area contributed by atoms with E-state index in [0.29, 0.717) is 0 Å². The molecule has 2 rings (SSSR count). The van der Waals surface area contributed by atoms with Crippen LogP contribution in [-0.2, 0) is 4.75 Å². The van der Waals surface area contributed by atoms with Crippen molar-refractivity contribution in [2.24, 2.45) is 0 Å². The average molecular weight is 300 g/mol. The molecule has 0 heterocycles. The van der Waals surface area contributed by atoms with E-state index in [1.807, 2.05) is 6.92 Å². The third-order valence-electron chi connectivity index (χ3n) is 3.14. The quantitative estimate of drug-likeness (QED) is 0.672. The fourth-order valence-corrected chi connectivity index (χ4v) is 2.84. The van der Waals surface area contributed by atoms with Crippen molar-refractivity contribution in [2.75, 3.05) is 0 Å². The predicted octanol–water partition coefficient (Wildman–Crippen LogP) is 6.04. The summed E-state index contributed by atoms with van der Waals surface area (Å²) in [4.78, 5) is 2.49. The highest BCUT2D eigenvalue weighted by Gasteiger charge is 2.14. The maximum Gasteiger partial charge on any atom is 0.0322 e. The summed E-state index contributed by atoms with van der Waals surface area (Å²) >= 11 is 6.37. The average Bonchev–Trinajstić information content (AvgIpc) is 2.39. The first kappa shape index (κ1) is 15.3. The van der Waals surface area contributed by atoms with Crippen LogP contribution in [0.3, 0.4) is 0 Å². The topological polar surface area (TPSA) is 0 Å². The molecular formula is C18H20S2. The Hall–Kier alpha value is -1.12. The summed E-state index contributed by atoms with van der Waals surface area (Å²) in [6, 6.07) is 17.1. The second kappa shape index (κ2) is 6.11. The van der Waals surface area contributed by atoms with Crippen LogP contribution in [0.1, 0.15) is 31.9 Å². The van der Waals surface area contributed by atoms with E-state index in [4.69, 9.17) is 0 Å². The lowest BCUT2D eigenvalue weighted by Crippen LogP contribution is -2.06. The van der Waals surface area contributed by atoms with E-state index >= 15 is 0 Å². The molecule has 0 N–H and O–H groups in total. The normalized spacial score (nSPS) is 11.4. The van der Waals surface area contributed by atoms with E-state index in [2.05, 4.69) is 81.6 Å². The molecule has 0 spiro atoms. The molecule has 104 valence electrons. The molecule has 0 fully saturated rings. The second-order valence-electron chi connectivity index (χ2n) is 5.49. The van der Waals surface area contributed by atoms with Gasteiger partial charge in [-0.3, -0.25) is 0 Å². The molecule has 0 radical (unpaired) electrons. The van der Waals surface area contributed by atoms with Crippen LogP contribution in [0, 0.1) is 0 Å². The van der Waals surface area contributed by atoms with Gasteiger partial charge in [0.1, 0.15) is 0 Å². The van der Waals surface area contributed by atoms with Crippen LogP contribution in [0.5, 0.6) is 0 Å². The standard InChI is InChI=1S/C18H20S2/c1-13(2)14-5-9-16(10-6-14)20-17-11-7-15(8-12-17)18(3,4)19/h5-12,19H,1H2,2-4H3. The van der Waals surface area contributed by atoms with E-state index in [1.165, 1.54) is 20.9 Å². The van der Waals surface area contributed by atoms with E-state index in [-0.39, 0.29) is 4.75 Å². The summed E-state index contributed by atoms with van der Waals surface area (Å²) in [6.45, 7) is 10.2. The van der Waals surface area contributed by atoms with Crippen molar-refractivity contribution in [3.63, 3.8) is 0 Å². The Morgan fingerprint density at radius 2 is 1.40 bits per heavy atom. The Labute approximate surface area is 131 Å². The summed E-state index contributed by atoms with van der Waals surface area (Å²) in [5, 5.41) is 0. The van der Waals surface area contributed by atoms with E-state index in [0.717, 1.165) is 5.57 Å². The van der Waals surface area contributed by atoms with Gasteiger partial charge in [0.05, 0.1) is 0 Å². The SMILES string of the molecule is C=C(C)c1ccc(Sc2ccc(C(C)(C)S)cc2)cc1. The molecule has 0 saturated heterocycles. The van der Waals surface area contributed by atoms with Gasteiger partial charge < -0.3 is 0 Å². The summed E-state index contributed by atoms with van der Waals surface area (Å²) in [5.41, 5.74) is 3.53. The first-order valence-electron chi connectivity index (χ1n) is 6.63. The predicted molar refractivity (Wildman–Crippen MR) is 93.7 cm³/mol. The molecule has 0 aliphatic carbocycles. The zero-order valence-corrected chi connectivity index (χ0v) is 13.9. The lowest BCUT2D eigenvalue weighted by atomic mass is 10.0. The molecule has 0 aromatic heterocycles. The van der Waals surface area contributed by atoms with Crippen LogP contribution < -0.4 is 0 Å². The highest BCUT2D eigenvalue weighted by molar-refractivity contribution is 7.99. The molecule has 0 saturated carbocycles. The van der Waals surface area contributed by atoms with Crippen LogP contribution in [-0.4, -0.2) is 0 Å². The fraction of sp³-hybridized carbons (Fsp3) is 0.222. The zero-order chi connectivity index (χ0) is 14.8. The molecule has 0 aliphatic heterocycles. The summed E-state index contributed by atoms with van der Waals surface area (Å²) in [5.74, 6) is 0. The van der Waals surface area contributed by atoms with Gasteiger partial charge in [0, 0.05) is 14.5 Å². The highest BCUT2D eigenvalue weighted by atomic mass is 32.2. The van der Waals surface area contributed by atoms with Crippen LogP contribution in [0.4, 0.5) is 0 Å². The number of hydrogen-bond donors (Lipinski definition) is 1. The molecule has 0 nitrogen and oxygen atoms in total. The van der Waals surface area contributed by atoms with Crippen molar-refractivity contribution in [1.82, 2.24) is 0 Å². The Morgan fingerprint density at radius 1 is 0.950 bits per heavy atom. The second-order valence-corrected chi connectivity index (χ2v) is 7.76. The Balaban J connectivity index is 2.12. The lowest BCUT2D eigenvalue weighted by Gasteiger charge is -2.18. The minimum absolute atomic E-state index is 0.0909. The largest absolute Gasteiger partial charge is 0.168 e. The van der Waals surface area contributed by atoms with Crippen molar-refractivity contribution < 1.29 is 0 Å². The number of allylic oxidation sites excluding steroid dienone is 1. The summed E-state index contributed by atoms with van der Waals surface area (Å²) in [6.07, 6.45) is 0. The van der Waals surface area contributed by atoms with Gasteiger partial charge in [0.2, 0.25) is 0 Å². The van der Waals surface area contributed by atoms with Gasteiger partial charge >= 0.3 is 0 Å². The monoisotopic (exact) mass is 300 g/mol. The van der Waals surface area contributed by atoms with Gasteiger partial charge in [0.15, 0.2) is 0 Å². The van der Waals surface area contributed by atoms with Gasteiger partial charge in [-0.1, -0.05) is 48.2 Å². The zero-order valence-electron chi connectivity index (χ0n) is 12.2. The molecule has 2 aromatic rings. The van der Waals surface area contributed by atoms with Crippen LogP contribution in [0.15, 0.2) is 64.9 Å². The first-order valence-corrected chi connectivity index (χ1v) is 7.89. The molecule has 0 atom stereocenters. The van der Waals surface area contributed by atoms with E-state index < -0.39 is 0 Å². The highest BCUT2D eigenvalue weighted by Crippen LogP contribution is 2.32. The van der Waals surface area contributed by atoms with Gasteiger partial charge in [-0.15, -0.1) is 0 Å².